The molecule has 1 unspecified atom stereocenters. The molecular formula is C19H23N3O4. The maximum Gasteiger partial charge on any atom is 0.251 e. The fraction of sp³-hybridized carbons (Fsp3) is 0.316. The highest BCUT2D eigenvalue weighted by Crippen LogP contribution is 2.05. The Hall–Kier alpha value is -3.09. The standard InChI is InChI=1S/C19H23N3O4/c1-13(2)17(22-18(24)14-7-4-3-5-8-14)19(25)21-12-16(23)20-11-15-9-6-10-26-15/h3-10,13,17H,11-12H2,1-2H3,(H,20,23)(H,21,25)(H,22,24). The molecule has 26 heavy (non-hydrogen) atoms. The third-order valence-electron chi connectivity index (χ3n) is 3.73. The summed E-state index contributed by atoms with van der Waals surface area (Å²) in [6, 6.07) is 11.4. The van der Waals surface area contributed by atoms with Gasteiger partial charge in [-0.3, -0.25) is 14.4 Å². The van der Waals surface area contributed by atoms with Crippen molar-refractivity contribution >= 4 is 17.7 Å². The van der Waals surface area contributed by atoms with Crippen LogP contribution < -0.4 is 16.0 Å². The van der Waals surface area contributed by atoms with E-state index < -0.39 is 11.9 Å². The summed E-state index contributed by atoms with van der Waals surface area (Å²) in [5, 5.41) is 7.91. The van der Waals surface area contributed by atoms with E-state index in [-0.39, 0.29) is 30.8 Å². The van der Waals surface area contributed by atoms with E-state index >= 15 is 0 Å². The summed E-state index contributed by atoms with van der Waals surface area (Å²) in [5.74, 6) is -0.584. The summed E-state index contributed by atoms with van der Waals surface area (Å²) in [5.41, 5.74) is 0.474. The third-order valence-corrected chi connectivity index (χ3v) is 3.73. The molecule has 2 rings (SSSR count). The second-order valence-electron chi connectivity index (χ2n) is 6.14. The lowest BCUT2D eigenvalue weighted by Gasteiger charge is -2.21. The molecule has 7 heteroatoms. The molecule has 1 aromatic heterocycles. The first-order valence-corrected chi connectivity index (χ1v) is 8.40. The predicted octanol–water partition coefficient (Wildman–Crippen LogP) is 1.47. The molecule has 0 saturated heterocycles. The van der Waals surface area contributed by atoms with E-state index in [4.69, 9.17) is 4.42 Å². The van der Waals surface area contributed by atoms with Crippen molar-refractivity contribution in [2.45, 2.75) is 26.4 Å². The molecule has 1 heterocycles. The summed E-state index contributed by atoms with van der Waals surface area (Å²) in [6.45, 7) is 3.73. The van der Waals surface area contributed by atoms with Crippen LogP contribution in [0.15, 0.2) is 53.1 Å². The highest BCUT2D eigenvalue weighted by Gasteiger charge is 2.24. The molecular weight excluding hydrogens is 334 g/mol. The van der Waals surface area contributed by atoms with Gasteiger partial charge in [-0.15, -0.1) is 0 Å². The molecule has 0 spiro atoms. The smallest absolute Gasteiger partial charge is 0.251 e. The number of rotatable bonds is 8. The Balaban J connectivity index is 1.83. The summed E-state index contributed by atoms with van der Waals surface area (Å²) in [4.78, 5) is 36.4. The number of carbonyl (C=O) groups is 3. The first kappa shape index (κ1) is 19.2. The average Bonchev–Trinajstić information content (AvgIpc) is 3.16. The van der Waals surface area contributed by atoms with Crippen molar-refractivity contribution in [3.8, 4) is 0 Å². The van der Waals surface area contributed by atoms with Crippen molar-refractivity contribution in [1.82, 2.24) is 16.0 Å². The van der Waals surface area contributed by atoms with Crippen LogP contribution in [0, 0.1) is 5.92 Å². The molecule has 138 valence electrons. The number of hydrogen-bond donors (Lipinski definition) is 3. The van der Waals surface area contributed by atoms with Crippen LogP contribution in [0.1, 0.15) is 30.0 Å². The lowest BCUT2D eigenvalue weighted by molar-refractivity contribution is -0.127. The summed E-state index contributed by atoms with van der Waals surface area (Å²) in [7, 11) is 0. The molecule has 0 aliphatic rings. The molecule has 0 bridgehead atoms. The van der Waals surface area contributed by atoms with Crippen molar-refractivity contribution in [2.24, 2.45) is 5.92 Å². The molecule has 0 aliphatic carbocycles. The minimum atomic E-state index is -0.736. The minimum absolute atomic E-state index is 0.131. The van der Waals surface area contributed by atoms with Gasteiger partial charge in [-0.2, -0.15) is 0 Å². The maximum absolute atomic E-state index is 12.4. The average molecular weight is 357 g/mol. The number of benzene rings is 1. The Bertz CT molecular complexity index is 727. The molecule has 0 fully saturated rings. The summed E-state index contributed by atoms with van der Waals surface area (Å²) < 4.78 is 5.12. The number of hydrogen-bond acceptors (Lipinski definition) is 4. The molecule has 2 aromatic rings. The zero-order valence-electron chi connectivity index (χ0n) is 14.8. The summed E-state index contributed by atoms with van der Waals surface area (Å²) in [6.07, 6.45) is 1.52. The second-order valence-corrected chi connectivity index (χ2v) is 6.14. The monoisotopic (exact) mass is 357 g/mol. The third kappa shape index (κ3) is 5.77. The van der Waals surface area contributed by atoms with Gasteiger partial charge in [0, 0.05) is 5.56 Å². The first-order valence-electron chi connectivity index (χ1n) is 8.40. The van der Waals surface area contributed by atoms with Gasteiger partial charge in [0.1, 0.15) is 11.8 Å². The number of furan rings is 1. The lowest BCUT2D eigenvalue weighted by Crippen LogP contribution is -2.51. The van der Waals surface area contributed by atoms with Gasteiger partial charge >= 0.3 is 0 Å². The van der Waals surface area contributed by atoms with E-state index in [0.717, 1.165) is 0 Å². The highest BCUT2D eigenvalue weighted by atomic mass is 16.3. The van der Waals surface area contributed by atoms with Crippen molar-refractivity contribution < 1.29 is 18.8 Å². The van der Waals surface area contributed by atoms with Crippen molar-refractivity contribution in [3.63, 3.8) is 0 Å². The van der Waals surface area contributed by atoms with Crippen LogP contribution in [0.5, 0.6) is 0 Å². The SMILES string of the molecule is CC(C)C(NC(=O)c1ccccc1)C(=O)NCC(=O)NCc1ccco1. The van der Waals surface area contributed by atoms with Crippen LogP contribution in [0.4, 0.5) is 0 Å². The molecule has 0 radical (unpaired) electrons. The second kappa shape index (κ2) is 9.41. The minimum Gasteiger partial charge on any atom is -0.467 e. The van der Waals surface area contributed by atoms with E-state index in [1.54, 1.807) is 36.4 Å². The molecule has 1 atom stereocenters. The fourth-order valence-corrected chi connectivity index (χ4v) is 2.29. The highest BCUT2D eigenvalue weighted by molar-refractivity contribution is 5.98. The van der Waals surface area contributed by atoms with Crippen molar-refractivity contribution in [1.29, 1.82) is 0 Å². The zero-order valence-corrected chi connectivity index (χ0v) is 14.8. The van der Waals surface area contributed by atoms with Crippen molar-refractivity contribution in [3.05, 3.63) is 60.1 Å². The number of nitrogens with one attached hydrogen (secondary N) is 3. The maximum atomic E-state index is 12.4. The number of carbonyl (C=O) groups excluding carboxylic acids is 3. The van der Waals surface area contributed by atoms with Gasteiger partial charge in [0.25, 0.3) is 5.91 Å². The number of amides is 3. The fourth-order valence-electron chi connectivity index (χ4n) is 2.29. The van der Waals surface area contributed by atoms with Crippen LogP contribution in [-0.4, -0.2) is 30.3 Å². The van der Waals surface area contributed by atoms with Crippen LogP contribution in [-0.2, 0) is 16.1 Å². The van der Waals surface area contributed by atoms with Crippen molar-refractivity contribution in [2.75, 3.05) is 6.54 Å². The van der Waals surface area contributed by atoms with E-state index in [9.17, 15) is 14.4 Å². The van der Waals surface area contributed by atoms with E-state index in [0.29, 0.717) is 11.3 Å². The van der Waals surface area contributed by atoms with Crippen LogP contribution >= 0.6 is 0 Å². The lowest BCUT2D eigenvalue weighted by atomic mass is 10.0. The summed E-state index contributed by atoms with van der Waals surface area (Å²) >= 11 is 0. The van der Waals surface area contributed by atoms with Gasteiger partial charge in [-0.05, 0) is 30.2 Å². The zero-order chi connectivity index (χ0) is 18.9. The van der Waals surface area contributed by atoms with Gasteiger partial charge in [0.15, 0.2) is 0 Å². The van der Waals surface area contributed by atoms with E-state index in [1.807, 2.05) is 19.9 Å². The van der Waals surface area contributed by atoms with Crippen LogP contribution in [0.3, 0.4) is 0 Å². The molecule has 3 N–H and O–H groups in total. The van der Waals surface area contributed by atoms with E-state index in [1.165, 1.54) is 6.26 Å². The van der Waals surface area contributed by atoms with Gasteiger partial charge in [-0.25, -0.2) is 0 Å². The van der Waals surface area contributed by atoms with Crippen LogP contribution in [0.25, 0.3) is 0 Å². The molecule has 7 nitrogen and oxygen atoms in total. The first-order chi connectivity index (χ1) is 12.5. The van der Waals surface area contributed by atoms with Gasteiger partial charge in [0.05, 0.1) is 19.4 Å². The normalized spacial score (nSPS) is 11.7. The molecule has 0 aliphatic heterocycles. The Kier molecular flexibility index (Phi) is 6.96. The molecule has 3 amide bonds. The quantitative estimate of drug-likeness (QED) is 0.666. The van der Waals surface area contributed by atoms with Gasteiger partial charge in [-0.1, -0.05) is 32.0 Å². The Morgan fingerprint density at radius 3 is 2.35 bits per heavy atom. The van der Waals surface area contributed by atoms with Gasteiger partial charge in [0.2, 0.25) is 11.8 Å². The Morgan fingerprint density at radius 2 is 1.73 bits per heavy atom. The van der Waals surface area contributed by atoms with Gasteiger partial charge < -0.3 is 20.4 Å². The largest absolute Gasteiger partial charge is 0.467 e. The van der Waals surface area contributed by atoms with E-state index in [2.05, 4.69) is 16.0 Å². The predicted molar refractivity (Wildman–Crippen MR) is 96.1 cm³/mol. The Morgan fingerprint density at radius 1 is 1.00 bits per heavy atom. The molecule has 1 aromatic carbocycles. The Labute approximate surface area is 152 Å². The molecule has 0 saturated carbocycles. The topological polar surface area (TPSA) is 100 Å². The van der Waals surface area contributed by atoms with Crippen LogP contribution in [0.2, 0.25) is 0 Å².